The molecule has 1 heterocycles. The highest BCUT2D eigenvalue weighted by Gasteiger charge is 2.16. The van der Waals surface area contributed by atoms with E-state index < -0.39 is 0 Å². The molecule has 1 unspecified atom stereocenters. The van der Waals surface area contributed by atoms with Crippen molar-refractivity contribution in [3.05, 3.63) is 17.7 Å². The lowest BCUT2D eigenvalue weighted by Gasteiger charge is -2.19. The Morgan fingerprint density at radius 2 is 2.13 bits per heavy atom. The Morgan fingerprint density at radius 1 is 1.53 bits per heavy atom. The van der Waals surface area contributed by atoms with Crippen LogP contribution >= 0.6 is 0 Å². The standard InChI is InChI=1S/C11H20N4/c1-7-6-15(10(4)8(2)12)11(14-7)9(3)13-5/h6,8,10H,12H2,1-5H3/b13-9-/t8-,10?/m0/s1. The Bertz CT molecular complexity index is 363. The molecule has 0 aromatic carbocycles. The summed E-state index contributed by atoms with van der Waals surface area (Å²) in [6, 6.07) is 0.333. The quantitative estimate of drug-likeness (QED) is 0.766. The van der Waals surface area contributed by atoms with Crippen molar-refractivity contribution in [3.8, 4) is 0 Å². The van der Waals surface area contributed by atoms with E-state index >= 15 is 0 Å². The molecule has 0 fully saturated rings. The van der Waals surface area contributed by atoms with Gasteiger partial charge in [-0.25, -0.2) is 4.98 Å². The van der Waals surface area contributed by atoms with Gasteiger partial charge >= 0.3 is 0 Å². The molecule has 0 aliphatic heterocycles. The second-order valence-electron chi connectivity index (χ2n) is 4.02. The van der Waals surface area contributed by atoms with Crippen molar-refractivity contribution in [2.24, 2.45) is 10.7 Å². The van der Waals surface area contributed by atoms with Gasteiger partial charge in [-0.05, 0) is 27.7 Å². The van der Waals surface area contributed by atoms with Crippen molar-refractivity contribution in [2.45, 2.75) is 39.8 Å². The summed E-state index contributed by atoms with van der Waals surface area (Å²) >= 11 is 0. The first-order valence-electron chi connectivity index (χ1n) is 5.22. The van der Waals surface area contributed by atoms with Crippen LogP contribution in [0, 0.1) is 6.92 Å². The van der Waals surface area contributed by atoms with E-state index in [2.05, 4.69) is 21.5 Å². The third kappa shape index (κ3) is 2.45. The Morgan fingerprint density at radius 3 is 2.60 bits per heavy atom. The van der Waals surface area contributed by atoms with E-state index in [0.717, 1.165) is 17.2 Å². The number of imidazole rings is 1. The highest BCUT2D eigenvalue weighted by atomic mass is 15.1. The van der Waals surface area contributed by atoms with E-state index in [1.807, 2.05) is 27.0 Å². The largest absolute Gasteiger partial charge is 0.326 e. The fourth-order valence-electron chi connectivity index (χ4n) is 1.45. The molecule has 15 heavy (non-hydrogen) atoms. The minimum absolute atomic E-state index is 0.0991. The summed E-state index contributed by atoms with van der Waals surface area (Å²) in [7, 11) is 1.78. The molecule has 1 aromatic rings. The first-order valence-corrected chi connectivity index (χ1v) is 5.22. The fraction of sp³-hybridized carbons (Fsp3) is 0.636. The smallest absolute Gasteiger partial charge is 0.154 e. The van der Waals surface area contributed by atoms with E-state index in [9.17, 15) is 0 Å². The highest BCUT2D eigenvalue weighted by molar-refractivity contribution is 5.95. The topological polar surface area (TPSA) is 56.2 Å². The molecule has 0 aliphatic carbocycles. The number of hydrogen-bond donors (Lipinski definition) is 1. The summed E-state index contributed by atoms with van der Waals surface area (Å²) < 4.78 is 2.10. The average molecular weight is 208 g/mol. The molecule has 0 bridgehead atoms. The number of hydrogen-bond acceptors (Lipinski definition) is 3. The molecule has 4 nitrogen and oxygen atoms in total. The zero-order valence-corrected chi connectivity index (χ0v) is 10.2. The maximum Gasteiger partial charge on any atom is 0.154 e. The predicted molar refractivity (Wildman–Crippen MR) is 63.5 cm³/mol. The van der Waals surface area contributed by atoms with Crippen molar-refractivity contribution in [1.82, 2.24) is 9.55 Å². The number of nitrogens with zero attached hydrogens (tertiary/aromatic N) is 3. The molecular weight excluding hydrogens is 188 g/mol. The van der Waals surface area contributed by atoms with Gasteiger partial charge in [0.15, 0.2) is 5.82 Å². The lowest BCUT2D eigenvalue weighted by atomic mass is 10.2. The number of aromatic nitrogens is 2. The molecule has 0 amide bonds. The van der Waals surface area contributed by atoms with Gasteiger partial charge in [0.25, 0.3) is 0 Å². The molecule has 1 rings (SSSR count). The van der Waals surface area contributed by atoms with E-state index in [1.165, 1.54) is 0 Å². The summed E-state index contributed by atoms with van der Waals surface area (Å²) in [5.74, 6) is 0.916. The second-order valence-corrected chi connectivity index (χ2v) is 4.02. The van der Waals surface area contributed by atoms with Crippen molar-refractivity contribution < 1.29 is 0 Å². The first-order chi connectivity index (χ1) is 6.97. The number of nitrogens with two attached hydrogens (primary N) is 1. The van der Waals surface area contributed by atoms with Gasteiger partial charge in [0.2, 0.25) is 0 Å². The first kappa shape index (κ1) is 11.9. The van der Waals surface area contributed by atoms with Crippen molar-refractivity contribution in [3.63, 3.8) is 0 Å². The zero-order chi connectivity index (χ0) is 11.6. The lowest BCUT2D eigenvalue weighted by Crippen LogP contribution is -2.28. The van der Waals surface area contributed by atoms with E-state index in [0.29, 0.717) is 0 Å². The summed E-state index contributed by atoms with van der Waals surface area (Å²) in [5, 5.41) is 0. The molecule has 0 aliphatic rings. The van der Waals surface area contributed by atoms with Crippen LogP contribution in [0.25, 0.3) is 0 Å². The van der Waals surface area contributed by atoms with Crippen molar-refractivity contribution >= 4 is 5.71 Å². The molecule has 2 N–H and O–H groups in total. The molecule has 84 valence electrons. The second kappa shape index (κ2) is 4.57. The number of aryl methyl sites for hydroxylation is 1. The van der Waals surface area contributed by atoms with E-state index in [1.54, 1.807) is 7.05 Å². The predicted octanol–water partition coefficient (Wildman–Crippen LogP) is 1.54. The van der Waals surface area contributed by atoms with Gasteiger partial charge in [-0.3, -0.25) is 4.99 Å². The molecule has 0 saturated carbocycles. The maximum atomic E-state index is 5.90. The zero-order valence-electron chi connectivity index (χ0n) is 10.2. The summed E-state index contributed by atoms with van der Waals surface area (Å²) in [6.45, 7) is 8.05. The van der Waals surface area contributed by atoms with Gasteiger partial charge < -0.3 is 10.3 Å². The van der Waals surface area contributed by atoms with Crippen LogP contribution in [0.15, 0.2) is 11.2 Å². The molecular formula is C11H20N4. The maximum absolute atomic E-state index is 5.90. The molecule has 0 spiro atoms. The molecule has 0 saturated heterocycles. The number of rotatable bonds is 3. The van der Waals surface area contributed by atoms with Gasteiger partial charge in [0, 0.05) is 25.3 Å². The molecule has 4 heteroatoms. The van der Waals surface area contributed by atoms with E-state index in [-0.39, 0.29) is 12.1 Å². The molecule has 1 aromatic heterocycles. The van der Waals surface area contributed by atoms with Crippen molar-refractivity contribution in [1.29, 1.82) is 0 Å². The van der Waals surface area contributed by atoms with Crippen LogP contribution in [-0.4, -0.2) is 28.4 Å². The van der Waals surface area contributed by atoms with Gasteiger partial charge in [0.1, 0.15) is 0 Å². The Balaban J connectivity index is 3.17. The third-order valence-electron chi connectivity index (χ3n) is 2.71. The van der Waals surface area contributed by atoms with Crippen LogP contribution in [0.5, 0.6) is 0 Å². The van der Waals surface area contributed by atoms with Gasteiger partial charge in [-0.1, -0.05) is 0 Å². The monoisotopic (exact) mass is 208 g/mol. The Kier molecular flexibility index (Phi) is 3.63. The minimum atomic E-state index is 0.0991. The van der Waals surface area contributed by atoms with Crippen LogP contribution < -0.4 is 5.73 Å². The van der Waals surface area contributed by atoms with Crippen molar-refractivity contribution in [2.75, 3.05) is 7.05 Å². The average Bonchev–Trinajstić information content (AvgIpc) is 2.57. The highest BCUT2D eigenvalue weighted by Crippen LogP contribution is 2.14. The Hall–Kier alpha value is -1.16. The van der Waals surface area contributed by atoms with Crippen LogP contribution in [0.3, 0.4) is 0 Å². The fourth-order valence-corrected chi connectivity index (χ4v) is 1.45. The van der Waals surface area contributed by atoms with Gasteiger partial charge in [-0.2, -0.15) is 0 Å². The summed E-state index contributed by atoms with van der Waals surface area (Å²) in [6.07, 6.45) is 2.03. The van der Waals surface area contributed by atoms with Gasteiger partial charge in [-0.15, -0.1) is 0 Å². The lowest BCUT2D eigenvalue weighted by molar-refractivity contribution is 0.462. The van der Waals surface area contributed by atoms with Gasteiger partial charge in [0.05, 0.1) is 11.4 Å². The summed E-state index contributed by atoms with van der Waals surface area (Å²) in [4.78, 5) is 8.63. The SMILES string of the molecule is C/N=C(/C)c1nc(C)cn1C(C)[C@H](C)N. The normalized spacial score (nSPS) is 16.5. The van der Waals surface area contributed by atoms with Crippen LogP contribution in [0.2, 0.25) is 0 Å². The van der Waals surface area contributed by atoms with Crippen LogP contribution in [0.1, 0.15) is 38.3 Å². The molecule has 2 atom stereocenters. The van der Waals surface area contributed by atoms with E-state index in [4.69, 9.17) is 5.73 Å². The number of aliphatic imine (C=N–C) groups is 1. The third-order valence-corrected chi connectivity index (χ3v) is 2.71. The van der Waals surface area contributed by atoms with Crippen LogP contribution in [-0.2, 0) is 0 Å². The minimum Gasteiger partial charge on any atom is -0.326 e. The Labute approximate surface area is 91.2 Å². The van der Waals surface area contributed by atoms with Crippen LogP contribution in [0.4, 0.5) is 0 Å². The summed E-state index contributed by atoms with van der Waals surface area (Å²) in [5.41, 5.74) is 7.84. The molecule has 0 radical (unpaired) electrons.